The predicted molar refractivity (Wildman–Crippen MR) is 61.5 cm³/mol. The Morgan fingerprint density at radius 2 is 2.21 bits per heavy atom. The maximum absolute atomic E-state index is 5.68. The summed E-state index contributed by atoms with van der Waals surface area (Å²) < 4.78 is 6.74. The predicted octanol–water partition coefficient (Wildman–Crippen LogP) is 2.96. The summed E-state index contributed by atoms with van der Waals surface area (Å²) in [6.07, 6.45) is 0.933. The molecule has 0 amide bonds. The summed E-state index contributed by atoms with van der Waals surface area (Å²) in [4.78, 5) is 0. The molecule has 2 aromatic rings. The number of rotatable bonds is 3. The molecule has 0 radical (unpaired) electrons. The summed E-state index contributed by atoms with van der Waals surface area (Å²) in [5.41, 5.74) is 0.950. The second kappa shape index (κ2) is 4.15. The van der Waals surface area contributed by atoms with Crippen LogP contribution in [0.15, 0.2) is 33.2 Å². The van der Waals surface area contributed by atoms with Gasteiger partial charge in [-0.15, -0.1) is 0 Å². The summed E-state index contributed by atoms with van der Waals surface area (Å²) in [6, 6.07) is 8.18. The lowest BCUT2D eigenvalue weighted by Gasteiger charge is -1.93. The van der Waals surface area contributed by atoms with Crippen LogP contribution in [0, 0.1) is 0 Å². The molecule has 14 heavy (non-hydrogen) atoms. The summed E-state index contributed by atoms with van der Waals surface area (Å²) in [5, 5.41) is 4.27. The van der Waals surface area contributed by atoms with E-state index in [0.717, 1.165) is 28.8 Å². The van der Waals surface area contributed by atoms with Gasteiger partial charge in [0.1, 0.15) is 11.3 Å². The number of hydrogen-bond donors (Lipinski definition) is 1. The minimum absolute atomic E-state index is 0.933. The SMILES string of the molecule is CNCCc1cc2ccc(Br)cc2o1. The lowest BCUT2D eigenvalue weighted by molar-refractivity contribution is 0.541. The summed E-state index contributed by atoms with van der Waals surface area (Å²) in [6.45, 7) is 0.945. The molecule has 0 aliphatic heterocycles. The van der Waals surface area contributed by atoms with Gasteiger partial charge in [0.2, 0.25) is 0 Å². The Morgan fingerprint density at radius 3 is 3.00 bits per heavy atom. The van der Waals surface area contributed by atoms with Gasteiger partial charge in [0.25, 0.3) is 0 Å². The third-order valence-electron chi connectivity index (χ3n) is 2.15. The highest BCUT2D eigenvalue weighted by Crippen LogP contribution is 2.23. The molecule has 2 nitrogen and oxygen atoms in total. The van der Waals surface area contributed by atoms with Crippen LogP contribution in [0.2, 0.25) is 0 Å². The van der Waals surface area contributed by atoms with Crippen molar-refractivity contribution in [2.75, 3.05) is 13.6 Å². The van der Waals surface area contributed by atoms with E-state index in [1.165, 1.54) is 5.39 Å². The van der Waals surface area contributed by atoms with Gasteiger partial charge in [-0.05, 0) is 31.3 Å². The number of nitrogens with one attached hydrogen (secondary N) is 1. The highest BCUT2D eigenvalue weighted by atomic mass is 79.9. The van der Waals surface area contributed by atoms with Crippen LogP contribution in [-0.2, 0) is 6.42 Å². The number of fused-ring (bicyclic) bond motifs is 1. The van der Waals surface area contributed by atoms with Crippen LogP contribution in [0.1, 0.15) is 5.76 Å². The Bertz CT molecular complexity index is 436. The van der Waals surface area contributed by atoms with Crippen molar-refractivity contribution in [3.05, 3.63) is 34.5 Å². The minimum atomic E-state index is 0.933. The minimum Gasteiger partial charge on any atom is -0.461 e. The van der Waals surface area contributed by atoms with E-state index < -0.39 is 0 Å². The lowest BCUT2D eigenvalue weighted by Crippen LogP contribution is -2.09. The molecule has 0 spiro atoms. The molecule has 0 saturated heterocycles. The van der Waals surface area contributed by atoms with Gasteiger partial charge in [-0.25, -0.2) is 0 Å². The largest absolute Gasteiger partial charge is 0.461 e. The van der Waals surface area contributed by atoms with Gasteiger partial charge in [0.05, 0.1) is 0 Å². The molecule has 1 aromatic carbocycles. The van der Waals surface area contributed by atoms with Gasteiger partial charge in [-0.3, -0.25) is 0 Å². The third kappa shape index (κ3) is 1.99. The van der Waals surface area contributed by atoms with E-state index in [0.29, 0.717) is 0 Å². The summed E-state index contributed by atoms with van der Waals surface area (Å²) in [5.74, 6) is 1.03. The highest BCUT2D eigenvalue weighted by molar-refractivity contribution is 9.10. The van der Waals surface area contributed by atoms with Crippen LogP contribution in [0.25, 0.3) is 11.0 Å². The molecule has 3 heteroatoms. The molecule has 0 saturated carbocycles. The molecular weight excluding hydrogens is 242 g/mol. The number of benzene rings is 1. The van der Waals surface area contributed by atoms with Gasteiger partial charge >= 0.3 is 0 Å². The van der Waals surface area contributed by atoms with Crippen molar-refractivity contribution in [2.45, 2.75) is 6.42 Å². The zero-order valence-corrected chi connectivity index (χ0v) is 9.60. The standard InChI is InChI=1S/C11H12BrNO/c1-13-5-4-10-6-8-2-3-9(12)7-11(8)14-10/h2-3,6-7,13H,4-5H2,1H3. The van der Waals surface area contributed by atoms with Gasteiger partial charge in [-0.1, -0.05) is 15.9 Å². The van der Waals surface area contributed by atoms with Crippen molar-refractivity contribution in [2.24, 2.45) is 0 Å². The first-order valence-corrected chi connectivity index (χ1v) is 5.41. The van der Waals surface area contributed by atoms with Gasteiger partial charge in [0, 0.05) is 22.8 Å². The maximum atomic E-state index is 5.68. The summed E-state index contributed by atoms with van der Waals surface area (Å²) in [7, 11) is 1.94. The fourth-order valence-corrected chi connectivity index (χ4v) is 1.77. The average Bonchev–Trinajstić information content (AvgIpc) is 2.56. The highest BCUT2D eigenvalue weighted by Gasteiger charge is 2.02. The maximum Gasteiger partial charge on any atom is 0.135 e. The Kier molecular flexibility index (Phi) is 2.89. The molecule has 0 unspecified atom stereocenters. The van der Waals surface area contributed by atoms with Crippen LogP contribution in [-0.4, -0.2) is 13.6 Å². The number of halogens is 1. The molecule has 1 N–H and O–H groups in total. The average molecular weight is 254 g/mol. The topological polar surface area (TPSA) is 25.2 Å². The van der Waals surface area contributed by atoms with Crippen molar-refractivity contribution in [1.82, 2.24) is 5.32 Å². The molecule has 0 bridgehead atoms. The van der Waals surface area contributed by atoms with E-state index in [-0.39, 0.29) is 0 Å². The van der Waals surface area contributed by atoms with Crippen LogP contribution < -0.4 is 5.32 Å². The van der Waals surface area contributed by atoms with Crippen LogP contribution in [0.3, 0.4) is 0 Å². The van der Waals surface area contributed by atoms with Crippen molar-refractivity contribution in [3.63, 3.8) is 0 Å². The normalized spacial score (nSPS) is 11.0. The molecular formula is C11H12BrNO. The van der Waals surface area contributed by atoms with Crippen molar-refractivity contribution < 1.29 is 4.42 Å². The van der Waals surface area contributed by atoms with E-state index in [2.05, 4.69) is 33.4 Å². The molecule has 74 valence electrons. The Morgan fingerprint density at radius 1 is 1.36 bits per heavy atom. The molecule has 1 aromatic heterocycles. The molecule has 2 rings (SSSR count). The zero-order valence-electron chi connectivity index (χ0n) is 8.01. The Balaban J connectivity index is 2.32. The number of likely N-dealkylation sites (N-methyl/N-ethyl adjacent to an activating group) is 1. The molecule has 0 aliphatic carbocycles. The van der Waals surface area contributed by atoms with Crippen LogP contribution >= 0.6 is 15.9 Å². The van der Waals surface area contributed by atoms with Crippen molar-refractivity contribution >= 4 is 26.9 Å². The smallest absolute Gasteiger partial charge is 0.135 e. The van der Waals surface area contributed by atoms with Gasteiger partial charge in [-0.2, -0.15) is 0 Å². The second-order valence-electron chi connectivity index (χ2n) is 3.25. The number of hydrogen-bond acceptors (Lipinski definition) is 2. The molecule has 0 fully saturated rings. The van der Waals surface area contributed by atoms with E-state index in [4.69, 9.17) is 4.42 Å². The van der Waals surface area contributed by atoms with E-state index in [1.54, 1.807) is 0 Å². The zero-order chi connectivity index (χ0) is 9.97. The number of furan rings is 1. The second-order valence-corrected chi connectivity index (χ2v) is 4.16. The monoisotopic (exact) mass is 253 g/mol. The van der Waals surface area contributed by atoms with Gasteiger partial charge < -0.3 is 9.73 Å². The van der Waals surface area contributed by atoms with E-state index in [1.807, 2.05) is 19.2 Å². The van der Waals surface area contributed by atoms with E-state index >= 15 is 0 Å². The van der Waals surface area contributed by atoms with Crippen molar-refractivity contribution in [1.29, 1.82) is 0 Å². The van der Waals surface area contributed by atoms with Crippen LogP contribution in [0.4, 0.5) is 0 Å². The Hall–Kier alpha value is -0.800. The first-order valence-electron chi connectivity index (χ1n) is 4.62. The quantitative estimate of drug-likeness (QED) is 0.910. The van der Waals surface area contributed by atoms with Crippen LogP contribution in [0.5, 0.6) is 0 Å². The molecule has 0 atom stereocenters. The fraction of sp³-hybridized carbons (Fsp3) is 0.273. The molecule has 0 aliphatic rings. The third-order valence-corrected chi connectivity index (χ3v) is 2.65. The summed E-state index contributed by atoms with van der Waals surface area (Å²) >= 11 is 3.42. The lowest BCUT2D eigenvalue weighted by atomic mass is 10.2. The fourth-order valence-electron chi connectivity index (χ4n) is 1.43. The van der Waals surface area contributed by atoms with E-state index in [9.17, 15) is 0 Å². The Labute approximate surface area is 91.4 Å². The molecule has 1 heterocycles. The van der Waals surface area contributed by atoms with Crippen molar-refractivity contribution in [3.8, 4) is 0 Å². The van der Waals surface area contributed by atoms with Gasteiger partial charge in [0.15, 0.2) is 0 Å². The first-order chi connectivity index (χ1) is 6.79. The first kappa shape index (κ1) is 9.74.